The van der Waals surface area contributed by atoms with Crippen LogP contribution in [0.15, 0.2) is 60.9 Å². The highest BCUT2D eigenvalue weighted by molar-refractivity contribution is 7.22. The Hall–Kier alpha value is -3.05. The van der Waals surface area contributed by atoms with Crippen LogP contribution in [0.25, 0.3) is 10.2 Å². The zero-order valence-electron chi connectivity index (χ0n) is 16.8. The van der Waals surface area contributed by atoms with Crippen LogP contribution in [0.2, 0.25) is 0 Å². The van der Waals surface area contributed by atoms with Crippen molar-refractivity contribution in [2.45, 2.75) is 33.7 Å². The lowest BCUT2D eigenvalue weighted by Gasteiger charge is -2.20. The van der Waals surface area contributed by atoms with Crippen LogP contribution in [0, 0.1) is 20.8 Å². The Bertz CT molecular complexity index is 1170. The van der Waals surface area contributed by atoms with Crippen molar-refractivity contribution in [2.75, 3.05) is 4.90 Å². The van der Waals surface area contributed by atoms with Gasteiger partial charge < -0.3 is 0 Å². The van der Waals surface area contributed by atoms with Gasteiger partial charge in [0.15, 0.2) is 5.13 Å². The standard InChI is InChI=1S/C24H23N3OS/c1-16-6-9-21-22(11-16)29-24(26-21)27(15-20-5-4-10-25-14-20)23(28)13-19-8-7-17(2)18(3)12-19/h4-12,14H,13,15H2,1-3H3. The average molecular weight is 402 g/mol. The number of hydrogen-bond donors (Lipinski definition) is 0. The number of thiazole rings is 1. The zero-order chi connectivity index (χ0) is 20.4. The first-order valence-electron chi connectivity index (χ1n) is 9.62. The Morgan fingerprint density at radius 1 is 1.00 bits per heavy atom. The van der Waals surface area contributed by atoms with Crippen LogP contribution in [0.4, 0.5) is 5.13 Å². The summed E-state index contributed by atoms with van der Waals surface area (Å²) < 4.78 is 1.09. The number of benzene rings is 2. The molecule has 0 aliphatic rings. The number of anilines is 1. The first kappa shape index (κ1) is 19.3. The van der Waals surface area contributed by atoms with E-state index in [9.17, 15) is 4.79 Å². The minimum Gasteiger partial charge on any atom is -0.283 e. The van der Waals surface area contributed by atoms with Crippen molar-refractivity contribution in [3.05, 3.63) is 88.7 Å². The van der Waals surface area contributed by atoms with Gasteiger partial charge in [-0.05, 0) is 66.8 Å². The molecule has 2 heterocycles. The summed E-state index contributed by atoms with van der Waals surface area (Å²) in [5.74, 6) is 0.0351. The highest BCUT2D eigenvalue weighted by Gasteiger charge is 2.21. The number of carbonyl (C=O) groups is 1. The minimum atomic E-state index is 0.0351. The number of rotatable bonds is 5. The van der Waals surface area contributed by atoms with E-state index in [0.717, 1.165) is 26.5 Å². The van der Waals surface area contributed by atoms with Crippen molar-refractivity contribution in [1.82, 2.24) is 9.97 Å². The summed E-state index contributed by atoms with van der Waals surface area (Å²) in [6.45, 7) is 6.68. The van der Waals surface area contributed by atoms with Gasteiger partial charge in [0.2, 0.25) is 5.91 Å². The largest absolute Gasteiger partial charge is 0.283 e. The van der Waals surface area contributed by atoms with E-state index >= 15 is 0 Å². The molecule has 29 heavy (non-hydrogen) atoms. The Balaban J connectivity index is 1.68. The second kappa shape index (κ2) is 8.13. The molecule has 146 valence electrons. The molecule has 4 nitrogen and oxygen atoms in total. The van der Waals surface area contributed by atoms with E-state index in [4.69, 9.17) is 4.98 Å². The van der Waals surface area contributed by atoms with Gasteiger partial charge in [-0.1, -0.05) is 41.7 Å². The zero-order valence-corrected chi connectivity index (χ0v) is 17.7. The van der Waals surface area contributed by atoms with Gasteiger partial charge in [0, 0.05) is 12.4 Å². The lowest BCUT2D eigenvalue weighted by molar-refractivity contribution is -0.118. The van der Waals surface area contributed by atoms with Gasteiger partial charge in [-0.25, -0.2) is 4.98 Å². The summed E-state index contributed by atoms with van der Waals surface area (Å²) in [4.78, 5) is 24.1. The molecule has 0 N–H and O–H groups in total. The molecule has 1 amide bonds. The number of pyridine rings is 1. The Morgan fingerprint density at radius 3 is 2.62 bits per heavy atom. The number of aromatic nitrogens is 2. The predicted octanol–water partition coefficient (Wildman–Crippen LogP) is 5.39. The van der Waals surface area contributed by atoms with E-state index in [2.05, 4.69) is 44.0 Å². The van der Waals surface area contributed by atoms with Crippen LogP contribution in [0.3, 0.4) is 0 Å². The molecule has 4 rings (SSSR count). The molecule has 0 bridgehead atoms. The number of aryl methyl sites for hydroxylation is 3. The summed E-state index contributed by atoms with van der Waals surface area (Å²) in [5.41, 5.74) is 6.54. The minimum absolute atomic E-state index is 0.0351. The van der Waals surface area contributed by atoms with Crippen molar-refractivity contribution in [1.29, 1.82) is 0 Å². The molecule has 0 unspecified atom stereocenters. The third-order valence-electron chi connectivity index (χ3n) is 5.05. The second-order valence-corrected chi connectivity index (χ2v) is 8.41. The van der Waals surface area contributed by atoms with Gasteiger partial charge in [0.1, 0.15) is 0 Å². The number of nitrogens with zero attached hydrogens (tertiary/aromatic N) is 3. The van der Waals surface area contributed by atoms with Crippen LogP contribution < -0.4 is 4.90 Å². The number of amides is 1. The van der Waals surface area contributed by atoms with E-state index in [-0.39, 0.29) is 5.91 Å². The van der Waals surface area contributed by atoms with Gasteiger partial charge >= 0.3 is 0 Å². The number of hydrogen-bond acceptors (Lipinski definition) is 4. The molecule has 2 aromatic heterocycles. The maximum Gasteiger partial charge on any atom is 0.233 e. The molecule has 0 saturated carbocycles. The molecular weight excluding hydrogens is 378 g/mol. The van der Waals surface area contributed by atoms with Crippen LogP contribution in [-0.4, -0.2) is 15.9 Å². The van der Waals surface area contributed by atoms with Crippen LogP contribution in [-0.2, 0) is 17.8 Å². The quantitative estimate of drug-likeness (QED) is 0.450. The molecule has 0 radical (unpaired) electrons. The predicted molar refractivity (Wildman–Crippen MR) is 119 cm³/mol. The number of carbonyl (C=O) groups excluding carboxylic acids is 1. The molecular formula is C24H23N3OS. The smallest absolute Gasteiger partial charge is 0.233 e. The summed E-state index contributed by atoms with van der Waals surface area (Å²) in [7, 11) is 0. The Labute approximate surface area is 174 Å². The normalized spacial score (nSPS) is 11.0. The lowest BCUT2D eigenvalue weighted by atomic mass is 10.0. The van der Waals surface area contributed by atoms with Gasteiger partial charge in [0.25, 0.3) is 0 Å². The number of fused-ring (bicyclic) bond motifs is 1. The lowest BCUT2D eigenvalue weighted by Crippen LogP contribution is -2.31. The highest BCUT2D eigenvalue weighted by Crippen LogP contribution is 2.31. The van der Waals surface area contributed by atoms with Crippen LogP contribution in [0.1, 0.15) is 27.8 Å². The van der Waals surface area contributed by atoms with E-state index in [1.54, 1.807) is 28.6 Å². The van der Waals surface area contributed by atoms with Crippen molar-refractivity contribution in [3.63, 3.8) is 0 Å². The third kappa shape index (κ3) is 4.35. The Morgan fingerprint density at radius 2 is 1.86 bits per heavy atom. The topological polar surface area (TPSA) is 46.1 Å². The molecule has 4 aromatic rings. The maximum atomic E-state index is 13.3. The van der Waals surface area contributed by atoms with E-state index in [1.165, 1.54) is 16.7 Å². The fraction of sp³-hybridized carbons (Fsp3) is 0.208. The molecule has 2 aromatic carbocycles. The van der Waals surface area contributed by atoms with Gasteiger partial charge in [0.05, 0.1) is 23.2 Å². The fourth-order valence-corrected chi connectivity index (χ4v) is 4.34. The molecule has 5 heteroatoms. The molecule has 0 aliphatic heterocycles. The van der Waals surface area contributed by atoms with Crippen LogP contribution >= 0.6 is 11.3 Å². The maximum absolute atomic E-state index is 13.3. The van der Waals surface area contributed by atoms with Crippen molar-refractivity contribution in [3.8, 4) is 0 Å². The summed E-state index contributed by atoms with van der Waals surface area (Å²) in [5, 5.41) is 0.725. The van der Waals surface area contributed by atoms with E-state index < -0.39 is 0 Å². The van der Waals surface area contributed by atoms with Crippen LogP contribution in [0.5, 0.6) is 0 Å². The van der Waals surface area contributed by atoms with Crippen molar-refractivity contribution >= 4 is 32.6 Å². The third-order valence-corrected chi connectivity index (χ3v) is 6.10. The molecule has 0 aliphatic carbocycles. The van der Waals surface area contributed by atoms with Gasteiger partial charge in [-0.15, -0.1) is 0 Å². The fourth-order valence-electron chi connectivity index (χ4n) is 3.26. The van der Waals surface area contributed by atoms with E-state index in [1.807, 2.05) is 30.3 Å². The van der Waals surface area contributed by atoms with Gasteiger partial charge in [-0.3, -0.25) is 14.7 Å². The summed E-state index contributed by atoms with van der Waals surface area (Å²) >= 11 is 1.56. The van der Waals surface area contributed by atoms with E-state index in [0.29, 0.717) is 13.0 Å². The summed E-state index contributed by atoms with van der Waals surface area (Å²) in [6.07, 6.45) is 3.88. The molecule has 0 atom stereocenters. The van der Waals surface area contributed by atoms with Crippen molar-refractivity contribution in [2.24, 2.45) is 0 Å². The second-order valence-electron chi connectivity index (χ2n) is 7.40. The molecule has 0 spiro atoms. The first-order chi connectivity index (χ1) is 14.0. The monoisotopic (exact) mass is 401 g/mol. The highest BCUT2D eigenvalue weighted by atomic mass is 32.1. The van der Waals surface area contributed by atoms with Crippen molar-refractivity contribution < 1.29 is 4.79 Å². The molecule has 0 fully saturated rings. The summed E-state index contributed by atoms with van der Waals surface area (Å²) in [6, 6.07) is 16.3. The van der Waals surface area contributed by atoms with Gasteiger partial charge in [-0.2, -0.15) is 0 Å². The Kier molecular flexibility index (Phi) is 5.41. The SMILES string of the molecule is Cc1ccc2nc(N(Cc3cccnc3)C(=O)Cc3ccc(C)c(C)c3)sc2c1. The molecule has 0 saturated heterocycles. The average Bonchev–Trinajstić information content (AvgIpc) is 3.12. The first-order valence-corrected chi connectivity index (χ1v) is 10.4.